The molecule has 0 aliphatic rings. The fraction of sp³-hybridized carbons (Fsp3) is 0.400. The van der Waals surface area contributed by atoms with Gasteiger partial charge in [-0.15, -0.1) is 0 Å². The molecule has 0 amide bonds. The van der Waals surface area contributed by atoms with Gasteiger partial charge in [-0.3, -0.25) is 4.79 Å². The van der Waals surface area contributed by atoms with Crippen LogP contribution in [0.15, 0.2) is 12.3 Å². The first-order chi connectivity index (χ1) is 7.54. The molecule has 0 radical (unpaired) electrons. The molecule has 88 valence electrons. The first kappa shape index (κ1) is 12.7. The van der Waals surface area contributed by atoms with E-state index >= 15 is 0 Å². The van der Waals surface area contributed by atoms with Crippen LogP contribution in [0.2, 0.25) is 5.02 Å². The van der Waals surface area contributed by atoms with Crippen molar-refractivity contribution in [2.24, 2.45) is 0 Å². The molecule has 0 saturated carbocycles. The van der Waals surface area contributed by atoms with Crippen LogP contribution in [0.1, 0.15) is 6.92 Å². The van der Waals surface area contributed by atoms with Crippen LogP contribution in [0, 0.1) is 5.82 Å². The fourth-order valence-electron chi connectivity index (χ4n) is 1.16. The van der Waals surface area contributed by atoms with Crippen LogP contribution in [0.3, 0.4) is 0 Å². The molecule has 1 aromatic rings. The predicted octanol–water partition coefficient (Wildman–Crippen LogP) is 1.87. The molecule has 0 aromatic carbocycles. The standard InChI is InChI=1S/C10H12ClFN2O2/c1-3-16-9(15)6-14(2)10-8(12)4-7(11)5-13-10/h4-5H,3,6H2,1-2H3. The number of aromatic nitrogens is 1. The van der Waals surface area contributed by atoms with Gasteiger partial charge in [0.25, 0.3) is 0 Å². The molecule has 1 aromatic heterocycles. The molecule has 0 atom stereocenters. The maximum Gasteiger partial charge on any atom is 0.325 e. The van der Waals surface area contributed by atoms with Crippen molar-refractivity contribution in [3.8, 4) is 0 Å². The molecule has 0 spiro atoms. The Morgan fingerprint density at radius 3 is 2.94 bits per heavy atom. The Bertz CT molecular complexity index is 387. The zero-order chi connectivity index (χ0) is 12.1. The van der Waals surface area contributed by atoms with Crippen molar-refractivity contribution >= 4 is 23.4 Å². The molecular weight excluding hydrogens is 235 g/mol. The number of carbonyl (C=O) groups excluding carboxylic acids is 1. The van der Waals surface area contributed by atoms with Crippen molar-refractivity contribution in [1.29, 1.82) is 0 Å². The van der Waals surface area contributed by atoms with Gasteiger partial charge in [0.15, 0.2) is 11.6 Å². The van der Waals surface area contributed by atoms with Crippen molar-refractivity contribution in [2.75, 3.05) is 25.1 Å². The molecule has 0 bridgehead atoms. The number of anilines is 1. The number of ether oxygens (including phenoxy) is 1. The molecule has 6 heteroatoms. The maximum atomic E-state index is 13.4. The topological polar surface area (TPSA) is 42.4 Å². The normalized spacial score (nSPS) is 10.0. The van der Waals surface area contributed by atoms with Gasteiger partial charge in [-0.1, -0.05) is 11.6 Å². The molecule has 0 aliphatic carbocycles. The quantitative estimate of drug-likeness (QED) is 0.761. The highest BCUT2D eigenvalue weighted by atomic mass is 35.5. The summed E-state index contributed by atoms with van der Waals surface area (Å²) in [5, 5.41) is 0.214. The van der Waals surface area contributed by atoms with E-state index in [1.54, 1.807) is 14.0 Å². The fourth-order valence-corrected chi connectivity index (χ4v) is 1.31. The molecular formula is C10H12ClFN2O2. The molecule has 1 rings (SSSR count). The van der Waals surface area contributed by atoms with Crippen molar-refractivity contribution in [2.45, 2.75) is 6.92 Å². The molecule has 0 N–H and O–H groups in total. The lowest BCUT2D eigenvalue weighted by Crippen LogP contribution is -2.28. The summed E-state index contributed by atoms with van der Waals surface area (Å²) in [4.78, 5) is 16.3. The summed E-state index contributed by atoms with van der Waals surface area (Å²) in [6, 6.07) is 1.14. The van der Waals surface area contributed by atoms with Crippen LogP contribution in [-0.2, 0) is 9.53 Å². The lowest BCUT2D eigenvalue weighted by Gasteiger charge is -2.17. The van der Waals surface area contributed by atoms with Crippen LogP contribution >= 0.6 is 11.6 Å². The number of esters is 1. The Morgan fingerprint density at radius 2 is 2.38 bits per heavy atom. The van der Waals surface area contributed by atoms with Gasteiger partial charge < -0.3 is 9.64 Å². The summed E-state index contributed by atoms with van der Waals surface area (Å²) in [7, 11) is 1.55. The number of carbonyl (C=O) groups is 1. The summed E-state index contributed by atoms with van der Waals surface area (Å²) in [5.74, 6) is -0.932. The number of rotatable bonds is 4. The second-order valence-corrected chi connectivity index (χ2v) is 3.56. The van der Waals surface area contributed by atoms with Crippen LogP contribution < -0.4 is 4.90 Å². The monoisotopic (exact) mass is 246 g/mol. The maximum absolute atomic E-state index is 13.4. The second-order valence-electron chi connectivity index (χ2n) is 3.12. The Morgan fingerprint density at radius 1 is 1.69 bits per heavy atom. The second kappa shape index (κ2) is 5.65. The van der Waals surface area contributed by atoms with Crippen molar-refractivity contribution in [1.82, 2.24) is 4.98 Å². The van der Waals surface area contributed by atoms with Crippen molar-refractivity contribution in [3.63, 3.8) is 0 Å². The zero-order valence-corrected chi connectivity index (χ0v) is 9.79. The van der Waals surface area contributed by atoms with Gasteiger partial charge in [-0.2, -0.15) is 0 Å². The van der Waals surface area contributed by atoms with E-state index in [-0.39, 0.29) is 17.4 Å². The van der Waals surface area contributed by atoms with E-state index in [1.165, 1.54) is 11.1 Å². The minimum atomic E-state index is -0.570. The molecule has 16 heavy (non-hydrogen) atoms. The van der Waals surface area contributed by atoms with E-state index in [0.717, 1.165) is 6.07 Å². The minimum absolute atomic E-state index is 0.0562. The minimum Gasteiger partial charge on any atom is -0.465 e. The lowest BCUT2D eigenvalue weighted by atomic mass is 10.4. The first-order valence-corrected chi connectivity index (χ1v) is 5.10. The molecule has 1 heterocycles. The number of hydrogen-bond donors (Lipinski definition) is 0. The van der Waals surface area contributed by atoms with E-state index in [1.807, 2.05) is 0 Å². The highest BCUT2D eigenvalue weighted by molar-refractivity contribution is 6.30. The summed E-state index contributed by atoms with van der Waals surface area (Å²) in [6.07, 6.45) is 1.32. The summed E-state index contributed by atoms with van der Waals surface area (Å²) in [6.45, 7) is 1.95. The summed E-state index contributed by atoms with van der Waals surface area (Å²) < 4.78 is 18.1. The molecule has 0 saturated heterocycles. The largest absolute Gasteiger partial charge is 0.465 e. The number of nitrogens with zero attached hydrogens (tertiary/aromatic N) is 2. The van der Waals surface area contributed by atoms with E-state index in [0.29, 0.717) is 6.61 Å². The molecule has 0 fully saturated rings. The third-order valence-electron chi connectivity index (χ3n) is 1.82. The Kier molecular flexibility index (Phi) is 4.49. The third kappa shape index (κ3) is 3.34. The van der Waals surface area contributed by atoms with Gasteiger partial charge in [-0.05, 0) is 13.0 Å². The summed E-state index contributed by atoms with van der Waals surface area (Å²) >= 11 is 5.56. The van der Waals surface area contributed by atoms with Crippen LogP contribution in [0.4, 0.5) is 10.2 Å². The number of likely N-dealkylation sites (N-methyl/N-ethyl adjacent to an activating group) is 1. The van der Waals surface area contributed by atoms with Crippen LogP contribution in [-0.4, -0.2) is 31.2 Å². The van der Waals surface area contributed by atoms with Crippen LogP contribution in [0.5, 0.6) is 0 Å². The first-order valence-electron chi connectivity index (χ1n) is 4.72. The SMILES string of the molecule is CCOC(=O)CN(C)c1ncc(Cl)cc1F. The highest BCUT2D eigenvalue weighted by Gasteiger charge is 2.13. The van der Waals surface area contributed by atoms with Gasteiger partial charge >= 0.3 is 5.97 Å². The summed E-state index contributed by atoms with van der Waals surface area (Å²) in [5.41, 5.74) is 0. The average molecular weight is 247 g/mol. The number of pyridine rings is 1. The Balaban J connectivity index is 2.72. The number of halogens is 2. The van der Waals surface area contributed by atoms with Gasteiger partial charge in [0.1, 0.15) is 6.54 Å². The molecule has 4 nitrogen and oxygen atoms in total. The Hall–Kier alpha value is -1.36. The zero-order valence-electron chi connectivity index (χ0n) is 9.04. The Labute approximate surface area is 98.0 Å². The smallest absolute Gasteiger partial charge is 0.325 e. The van der Waals surface area contributed by atoms with E-state index < -0.39 is 11.8 Å². The van der Waals surface area contributed by atoms with Crippen molar-refractivity contribution < 1.29 is 13.9 Å². The van der Waals surface area contributed by atoms with Gasteiger partial charge in [-0.25, -0.2) is 9.37 Å². The van der Waals surface area contributed by atoms with Gasteiger partial charge in [0.2, 0.25) is 0 Å². The highest BCUT2D eigenvalue weighted by Crippen LogP contribution is 2.18. The van der Waals surface area contributed by atoms with Crippen LogP contribution in [0.25, 0.3) is 0 Å². The third-order valence-corrected chi connectivity index (χ3v) is 2.03. The lowest BCUT2D eigenvalue weighted by molar-refractivity contribution is -0.141. The number of hydrogen-bond acceptors (Lipinski definition) is 4. The molecule has 0 unspecified atom stereocenters. The van der Waals surface area contributed by atoms with Gasteiger partial charge in [0, 0.05) is 13.2 Å². The van der Waals surface area contributed by atoms with Crippen molar-refractivity contribution in [3.05, 3.63) is 23.1 Å². The van der Waals surface area contributed by atoms with Gasteiger partial charge in [0.05, 0.1) is 11.6 Å². The molecule has 0 aliphatic heterocycles. The predicted molar refractivity (Wildman–Crippen MR) is 59.1 cm³/mol. The average Bonchev–Trinajstić information content (AvgIpc) is 2.17. The van der Waals surface area contributed by atoms with E-state index in [9.17, 15) is 9.18 Å². The van der Waals surface area contributed by atoms with E-state index in [4.69, 9.17) is 16.3 Å². The van der Waals surface area contributed by atoms with E-state index in [2.05, 4.69) is 4.98 Å².